The van der Waals surface area contributed by atoms with E-state index in [1.165, 1.54) is 23.8 Å². The normalized spacial score (nSPS) is 21.5. The Labute approximate surface area is 194 Å². The number of carbonyl (C=O) groups is 2. The first-order valence-corrected chi connectivity index (χ1v) is 12.0. The molecule has 9 heteroatoms. The number of amides is 1. The van der Waals surface area contributed by atoms with Gasteiger partial charge in [0.2, 0.25) is 5.91 Å². The van der Waals surface area contributed by atoms with E-state index < -0.39 is 6.04 Å². The van der Waals surface area contributed by atoms with Crippen LogP contribution >= 0.6 is 0 Å². The number of aromatic nitrogens is 2. The molecule has 0 aliphatic carbocycles. The maximum absolute atomic E-state index is 13.0. The number of hydrogen-bond acceptors (Lipinski definition) is 6. The van der Waals surface area contributed by atoms with Crippen LogP contribution < -0.4 is 21.2 Å². The molecule has 2 aliphatic rings. The minimum atomic E-state index is -0.665. The van der Waals surface area contributed by atoms with Crippen molar-refractivity contribution in [1.82, 2.24) is 24.7 Å². The highest BCUT2D eigenvalue weighted by Crippen LogP contribution is 2.34. The highest BCUT2D eigenvalue weighted by Gasteiger charge is 2.39. The molecule has 3 heterocycles. The van der Waals surface area contributed by atoms with Gasteiger partial charge in [-0.25, -0.2) is 4.79 Å². The van der Waals surface area contributed by atoms with Crippen LogP contribution in [0.15, 0.2) is 23.0 Å². The number of piperazine rings is 1. The molecule has 1 aromatic carbocycles. The first-order valence-electron chi connectivity index (χ1n) is 12.0. The lowest BCUT2D eigenvalue weighted by Gasteiger charge is -2.42. The third-order valence-electron chi connectivity index (χ3n) is 7.35. The van der Waals surface area contributed by atoms with Crippen LogP contribution in [0.5, 0.6) is 0 Å². The molecule has 3 atom stereocenters. The number of hydrogen-bond donors (Lipinski definition) is 2. The number of nitrogens with zero attached hydrogens (tertiary/aromatic N) is 4. The van der Waals surface area contributed by atoms with E-state index in [0.29, 0.717) is 18.5 Å². The molecular formula is C24H36N6O3. The van der Waals surface area contributed by atoms with Crippen LogP contribution in [0.3, 0.4) is 0 Å². The van der Waals surface area contributed by atoms with Gasteiger partial charge in [0.25, 0.3) is 0 Å². The number of aryl methyl sites for hydroxylation is 1. The van der Waals surface area contributed by atoms with Crippen molar-refractivity contribution in [1.29, 1.82) is 0 Å². The van der Waals surface area contributed by atoms with Gasteiger partial charge < -0.3 is 20.3 Å². The zero-order valence-electron chi connectivity index (χ0n) is 19.9. The predicted molar refractivity (Wildman–Crippen MR) is 130 cm³/mol. The molecule has 2 aliphatic heterocycles. The number of nitrogens with one attached hydrogen (secondary N) is 2. The zero-order valence-corrected chi connectivity index (χ0v) is 19.9. The van der Waals surface area contributed by atoms with Crippen molar-refractivity contribution in [3.63, 3.8) is 0 Å². The van der Waals surface area contributed by atoms with Gasteiger partial charge in [-0.2, -0.15) is 0 Å². The molecule has 1 aromatic heterocycles. The van der Waals surface area contributed by atoms with Crippen LogP contribution in [0.4, 0.5) is 5.69 Å². The van der Waals surface area contributed by atoms with Gasteiger partial charge in [-0.15, -0.1) is 0 Å². The molecular weight excluding hydrogens is 420 g/mol. The molecule has 2 saturated heterocycles. The Hall–Kier alpha value is -2.65. The Balaban J connectivity index is 1.56. The lowest BCUT2D eigenvalue weighted by atomic mass is 10.1. The van der Waals surface area contributed by atoms with E-state index in [0.717, 1.165) is 49.2 Å². The van der Waals surface area contributed by atoms with E-state index in [1.54, 1.807) is 18.7 Å². The van der Waals surface area contributed by atoms with Crippen LogP contribution in [-0.2, 0) is 16.6 Å². The molecule has 1 amide bonds. The number of benzene rings is 1. The van der Waals surface area contributed by atoms with Gasteiger partial charge in [0.15, 0.2) is 0 Å². The molecule has 0 radical (unpaired) electrons. The van der Waals surface area contributed by atoms with Gasteiger partial charge in [0.05, 0.1) is 17.1 Å². The number of fused-ring (bicyclic) bond motifs is 3. The summed E-state index contributed by atoms with van der Waals surface area (Å²) >= 11 is 0. The maximum Gasteiger partial charge on any atom is 0.329 e. The van der Waals surface area contributed by atoms with Gasteiger partial charge >= 0.3 is 5.69 Å². The van der Waals surface area contributed by atoms with Crippen molar-refractivity contribution in [2.45, 2.75) is 50.2 Å². The summed E-state index contributed by atoms with van der Waals surface area (Å²) in [4.78, 5) is 41.6. The Morgan fingerprint density at radius 1 is 1.18 bits per heavy atom. The van der Waals surface area contributed by atoms with Gasteiger partial charge in [-0.05, 0) is 57.5 Å². The van der Waals surface area contributed by atoms with Crippen LogP contribution in [0.25, 0.3) is 11.0 Å². The van der Waals surface area contributed by atoms with E-state index in [2.05, 4.69) is 32.6 Å². The summed E-state index contributed by atoms with van der Waals surface area (Å²) in [5.74, 6) is -0.142. The molecule has 2 fully saturated rings. The summed E-state index contributed by atoms with van der Waals surface area (Å²) in [5, 5.41) is 5.81. The Bertz CT molecular complexity index is 1050. The standard InChI is InChI=1S/C24H36N6O3/c1-25-11-4-12-29-18-5-6-19(29)15-28(14-18)17-7-9-21-22(13-17)27(3)24(33)30(21)20(16-31)8-10-23(32)26-2/h7,9,13,16,18-20,25H,4-6,8,10-12,14-15H2,1-3H3,(H,26,32). The Morgan fingerprint density at radius 2 is 1.91 bits per heavy atom. The summed E-state index contributed by atoms with van der Waals surface area (Å²) in [6.45, 7) is 4.19. The lowest BCUT2D eigenvalue weighted by Crippen LogP contribution is -2.54. The molecule has 4 rings (SSSR count). The molecule has 2 aromatic rings. The highest BCUT2D eigenvalue weighted by molar-refractivity contribution is 5.82. The van der Waals surface area contributed by atoms with E-state index in [4.69, 9.17) is 0 Å². The molecule has 9 nitrogen and oxygen atoms in total. The number of imidazole rings is 1. The predicted octanol–water partition coefficient (Wildman–Crippen LogP) is 0.869. The van der Waals surface area contributed by atoms with Crippen LogP contribution in [0, 0.1) is 0 Å². The molecule has 33 heavy (non-hydrogen) atoms. The van der Waals surface area contributed by atoms with Crippen molar-refractivity contribution in [2.75, 3.05) is 45.2 Å². The second kappa shape index (κ2) is 10.1. The van der Waals surface area contributed by atoms with Gasteiger partial charge in [-0.3, -0.25) is 18.8 Å². The van der Waals surface area contributed by atoms with Crippen molar-refractivity contribution < 1.29 is 9.59 Å². The second-order valence-electron chi connectivity index (χ2n) is 9.28. The van der Waals surface area contributed by atoms with Crippen LogP contribution in [0.2, 0.25) is 0 Å². The smallest absolute Gasteiger partial charge is 0.329 e. The molecule has 180 valence electrons. The SMILES string of the molecule is CNCCCN1C2CCC1CN(c1ccc3c(c1)n(C)c(=O)n3C(C=O)CCC(=O)NC)C2. The monoisotopic (exact) mass is 456 g/mol. The topological polar surface area (TPSA) is 91.6 Å². The van der Waals surface area contributed by atoms with Crippen LogP contribution in [0.1, 0.15) is 38.1 Å². The Morgan fingerprint density at radius 3 is 2.55 bits per heavy atom. The van der Waals surface area contributed by atoms with Crippen molar-refractivity contribution in [3.05, 3.63) is 28.7 Å². The van der Waals surface area contributed by atoms with Crippen LogP contribution in [-0.4, -0.2) is 78.6 Å². The fourth-order valence-corrected chi connectivity index (χ4v) is 5.54. The van der Waals surface area contributed by atoms with Crippen molar-refractivity contribution >= 4 is 28.9 Å². The third-order valence-corrected chi connectivity index (χ3v) is 7.35. The quantitative estimate of drug-likeness (QED) is 0.407. The second-order valence-corrected chi connectivity index (χ2v) is 9.28. The van der Waals surface area contributed by atoms with E-state index in [-0.39, 0.29) is 18.0 Å². The highest BCUT2D eigenvalue weighted by atomic mass is 16.2. The summed E-state index contributed by atoms with van der Waals surface area (Å²) in [6, 6.07) is 6.58. The van der Waals surface area contributed by atoms with E-state index in [1.807, 2.05) is 13.1 Å². The lowest BCUT2D eigenvalue weighted by molar-refractivity contribution is -0.121. The van der Waals surface area contributed by atoms with Crippen molar-refractivity contribution in [3.8, 4) is 0 Å². The summed E-state index contributed by atoms with van der Waals surface area (Å²) in [7, 11) is 5.32. The number of anilines is 1. The zero-order chi connectivity index (χ0) is 23.5. The fraction of sp³-hybridized carbons (Fsp3) is 0.625. The van der Waals surface area contributed by atoms with Gasteiger partial charge in [0, 0.05) is 57.9 Å². The fourth-order valence-electron chi connectivity index (χ4n) is 5.54. The molecule has 0 saturated carbocycles. The number of aldehydes is 1. The van der Waals surface area contributed by atoms with E-state index >= 15 is 0 Å². The number of rotatable bonds is 10. The Kier molecular flexibility index (Phi) is 7.19. The average molecular weight is 457 g/mol. The molecule has 0 spiro atoms. The van der Waals surface area contributed by atoms with E-state index in [9.17, 15) is 14.4 Å². The maximum atomic E-state index is 13.0. The molecule has 2 bridgehead atoms. The van der Waals surface area contributed by atoms with Gasteiger partial charge in [-0.1, -0.05) is 0 Å². The minimum Gasteiger partial charge on any atom is -0.368 e. The largest absolute Gasteiger partial charge is 0.368 e. The average Bonchev–Trinajstić information content (AvgIpc) is 3.21. The summed E-state index contributed by atoms with van der Waals surface area (Å²) in [6.07, 6.45) is 4.91. The summed E-state index contributed by atoms with van der Waals surface area (Å²) in [5.41, 5.74) is 2.43. The first-order chi connectivity index (χ1) is 16.0. The molecule has 2 N–H and O–H groups in total. The first kappa shape index (κ1) is 23.5. The third kappa shape index (κ3) is 4.56. The molecule has 3 unspecified atom stereocenters. The summed E-state index contributed by atoms with van der Waals surface area (Å²) < 4.78 is 3.14. The van der Waals surface area contributed by atoms with Crippen molar-refractivity contribution in [2.24, 2.45) is 7.05 Å². The minimum absolute atomic E-state index is 0.142. The number of carbonyl (C=O) groups excluding carboxylic acids is 2. The van der Waals surface area contributed by atoms with Gasteiger partial charge in [0.1, 0.15) is 6.29 Å².